The van der Waals surface area contributed by atoms with Crippen molar-refractivity contribution in [3.8, 4) is 0 Å². The van der Waals surface area contributed by atoms with E-state index in [1.54, 1.807) is 0 Å². The summed E-state index contributed by atoms with van der Waals surface area (Å²) in [5.41, 5.74) is 2.25. The maximum Gasteiger partial charge on any atom is 0.232 e. The number of anilines is 1. The first-order valence-corrected chi connectivity index (χ1v) is 6.81. The molecule has 3 rings (SSSR count). The number of benzene rings is 1. The van der Waals surface area contributed by atoms with Crippen molar-refractivity contribution in [1.82, 2.24) is 5.32 Å². The van der Waals surface area contributed by atoms with E-state index in [-0.39, 0.29) is 17.7 Å². The maximum absolute atomic E-state index is 12.6. The van der Waals surface area contributed by atoms with Gasteiger partial charge in [0.1, 0.15) is 0 Å². The lowest BCUT2D eigenvalue weighted by Gasteiger charge is -2.34. The van der Waals surface area contributed by atoms with Crippen molar-refractivity contribution < 1.29 is 9.59 Å². The van der Waals surface area contributed by atoms with E-state index in [2.05, 4.69) is 18.3 Å². The number of nitrogens with one attached hydrogen (secondary N) is 1. The number of carbonyl (C=O) groups excluding carboxylic acids is 2. The third-order valence-electron chi connectivity index (χ3n) is 3.94. The van der Waals surface area contributed by atoms with E-state index in [4.69, 9.17) is 0 Å². The zero-order chi connectivity index (χ0) is 13.4. The Morgan fingerprint density at radius 2 is 2.11 bits per heavy atom. The first-order valence-electron chi connectivity index (χ1n) is 6.81. The highest BCUT2D eigenvalue weighted by atomic mass is 16.2. The van der Waals surface area contributed by atoms with Gasteiger partial charge in [0.05, 0.1) is 5.92 Å². The molecule has 2 heterocycles. The Kier molecular flexibility index (Phi) is 3.01. The number of carbonyl (C=O) groups is 2. The first-order chi connectivity index (χ1) is 9.15. The van der Waals surface area contributed by atoms with Crippen LogP contribution in [0.3, 0.4) is 0 Å². The average molecular weight is 258 g/mol. The van der Waals surface area contributed by atoms with Crippen molar-refractivity contribution in [2.45, 2.75) is 19.8 Å². The average Bonchev–Trinajstić information content (AvgIpc) is 2.83. The van der Waals surface area contributed by atoms with E-state index >= 15 is 0 Å². The zero-order valence-electron chi connectivity index (χ0n) is 11.1. The number of para-hydroxylation sites is 1. The third kappa shape index (κ3) is 2.23. The van der Waals surface area contributed by atoms with Crippen LogP contribution in [0.25, 0.3) is 0 Å². The molecule has 1 aromatic rings. The number of amides is 2. The summed E-state index contributed by atoms with van der Waals surface area (Å²) in [5, 5.41) is 2.74. The first kappa shape index (κ1) is 12.2. The van der Waals surface area contributed by atoms with E-state index in [9.17, 15) is 9.59 Å². The molecule has 2 unspecified atom stereocenters. The predicted octanol–water partition coefficient (Wildman–Crippen LogP) is 1.35. The van der Waals surface area contributed by atoms with Crippen LogP contribution in [0.2, 0.25) is 0 Å². The SMILES string of the molecule is CC1Cc2ccccc2N(C(=O)C2CNC(=O)C2)C1. The van der Waals surface area contributed by atoms with Gasteiger partial charge in [0.15, 0.2) is 0 Å². The van der Waals surface area contributed by atoms with Gasteiger partial charge in [-0.2, -0.15) is 0 Å². The second kappa shape index (κ2) is 4.68. The van der Waals surface area contributed by atoms with Crippen LogP contribution in [0.1, 0.15) is 18.9 Å². The number of hydrogen-bond acceptors (Lipinski definition) is 2. The van der Waals surface area contributed by atoms with E-state index in [1.165, 1.54) is 5.56 Å². The van der Waals surface area contributed by atoms with Gasteiger partial charge in [0.2, 0.25) is 11.8 Å². The molecule has 19 heavy (non-hydrogen) atoms. The Labute approximate surface area is 112 Å². The second-order valence-corrected chi connectivity index (χ2v) is 5.59. The molecule has 2 amide bonds. The molecule has 0 saturated carbocycles. The largest absolute Gasteiger partial charge is 0.355 e. The molecule has 0 aliphatic carbocycles. The van der Waals surface area contributed by atoms with Crippen LogP contribution in [0, 0.1) is 11.8 Å². The van der Waals surface area contributed by atoms with Gasteiger partial charge in [-0.15, -0.1) is 0 Å². The molecular formula is C15H18N2O2. The molecule has 1 fully saturated rings. The fourth-order valence-corrected chi connectivity index (χ4v) is 3.01. The molecule has 100 valence electrons. The topological polar surface area (TPSA) is 49.4 Å². The fraction of sp³-hybridized carbons (Fsp3) is 0.467. The molecule has 4 heteroatoms. The number of rotatable bonds is 1. The standard InChI is InChI=1S/C15H18N2O2/c1-10-6-11-4-2-3-5-13(11)17(9-10)15(19)12-7-14(18)16-8-12/h2-5,10,12H,6-9H2,1H3,(H,16,18). The van der Waals surface area contributed by atoms with Gasteiger partial charge in [-0.3, -0.25) is 9.59 Å². The minimum absolute atomic E-state index is 0.0170. The molecule has 4 nitrogen and oxygen atoms in total. The molecule has 0 aromatic heterocycles. The quantitative estimate of drug-likeness (QED) is 0.826. The Morgan fingerprint density at radius 1 is 1.32 bits per heavy atom. The van der Waals surface area contributed by atoms with E-state index in [0.717, 1.165) is 18.7 Å². The van der Waals surface area contributed by atoms with Gasteiger partial charge < -0.3 is 10.2 Å². The number of hydrogen-bond donors (Lipinski definition) is 1. The Hall–Kier alpha value is -1.84. The summed E-state index contributed by atoms with van der Waals surface area (Å²) in [6, 6.07) is 8.07. The lowest BCUT2D eigenvalue weighted by Crippen LogP contribution is -2.43. The minimum Gasteiger partial charge on any atom is -0.355 e. The molecule has 2 aliphatic heterocycles. The Balaban J connectivity index is 1.88. The Bertz CT molecular complexity index is 527. The molecule has 2 aliphatic rings. The summed E-state index contributed by atoms with van der Waals surface area (Å²) in [5.74, 6) is 0.323. The summed E-state index contributed by atoms with van der Waals surface area (Å²) < 4.78 is 0. The van der Waals surface area contributed by atoms with E-state index in [0.29, 0.717) is 18.9 Å². The molecule has 1 N–H and O–H groups in total. The van der Waals surface area contributed by atoms with Crippen molar-refractivity contribution in [3.63, 3.8) is 0 Å². The molecule has 1 saturated heterocycles. The smallest absolute Gasteiger partial charge is 0.232 e. The van der Waals surface area contributed by atoms with Gasteiger partial charge in [-0.05, 0) is 24.0 Å². The Morgan fingerprint density at radius 3 is 2.84 bits per heavy atom. The van der Waals surface area contributed by atoms with Gasteiger partial charge in [-0.25, -0.2) is 0 Å². The third-order valence-corrected chi connectivity index (χ3v) is 3.94. The van der Waals surface area contributed by atoms with E-state index < -0.39 is 0 Å². The van der Waals surface area contributed by atoms with Crippen molar-refractivity contribution >= 4 is 17.5 Å². The molecule has 1 aromatic carbocycles. The van der Waals surface area contributed by atoms with Gasteiger partial charge in [0, 0.05) is 25.2 Å². The highest BCUT2D eigenvalue weighted by molar-refractivity contribution is 5.99. The van der Waals surface area contributed by atoms with Gasteiger partial charge in [-0.1, -0.05) is 25.1 Å². The highest BCUT2D eigenvalue weighted by Gasteiger charge is 2.34. The maximum atomic E-state index is 12.6. The van der Waals surface area contributed by atoms with E-state index in [1.807, 2.05) is 23.1 Å². The monoisotopic (exact) mass is 258 g/mol. The van der Waals surface area contributed by atoms with Gasteiger partial charge in [0.25, 0.3) is 0 Å². The minimum atomic E-state index is -0.203. The van der Waals surface area contributed by atoms with Crippen molar-refractivity contribution in [2.75, 3.05) is 18.0 Å². The van der Waals surface area contributed by atoms with Crippen LogP contribution in [0.5, 0.6) is 0 Å². The fourth-order valence-electron chi connectivity index (χ4n) is 3.01. The van der Waals surface area contributed by atoms with Crippen molar-refractivity contribution in [2.24, 2.45) is 11.8 Å². The zero-order valence-corrected chi connectivity index (χ0v) is 11.1. The van der Waals surface area contributed by atoms with Crippen LogP contribution in [0.4, 0.5) is 5.69 Å². The summed E-state index contributed by atoms with van der Waals surface area (Å²) in [7, 11) is 0. The van der Waals surface area contributed by atoms with Gasteiger partial charge >= 0.3 is 0 Å². The normalized spacial score (nSPS) is 25.9. The predicted molar refractivity (Wildman–Crippen MR) is 72.8 cm³/mol. The summed E-state index contributed by atoms with van der Waals surface area (Å²) in [4.78, 5) is 25.7. The number of nitrogens with zero attached hydrogens (tertiary/aromatic N) is 1. The van der Waals surface area contributed by atoms with Crippen LogP contribution < -0.4 is 10.2 Å². The second-order valence-electron chi connectivity index (χ2n) is 5.59. The lowest BCUT2D eigenvalue weighted by atomic mass is 9.92. The van der Waals surface area contributed by atoms with Crippen molar-refractivity contribution in [1.29, 1.82) is 0 Å². The summed E-state index contributed by atoms with van der Waals surface area (Å²) in [6.07, 6.45) is 1.34. The van der Waals surface area contributed by atoms with Crippen LogP contribution >= 0.6 is 0 Å². The number of fused-ring (bicyclic) bond motifs is 1. The van der Waals surface area contributed by atoms with Crippen LogP contribution in [0.15, 0.2) is 24.3 Å². The molecular weight excluding hydrogens is 240 g/mol. The van der Waals surface area contributed by atoms with Crippen LogP contribution in [-0.4, -0.2) is 24.9 Å². The molecule has 0 spiro atoms. The summed E-state index contributed by atoms with van der Waals surface area (Å²) in [6.45, 7) is 3.39. The molecule has 0 bridgehead atoms. The summed E-state index contributed by atoms with van der Waals surface area (Å²) >= 11 is 0. The van der Waals surface area contributed by atoms with Crippen molar-refractivity contribution in [3.05, 3.63) is 29.8 Å². The lowest BCUT2D eigenvalue weighted by molar-refractivity contribution is -0.124. The molecule has 0 radical (unpaired) electrons. The highest BCUT2D eigenvalue weighted by Crippen LogP contribution is 2.31. The van der Waals surface area contributed by atoms with Crippen LogP contribution in [-0.2, 0) is 16.0 Å². The molecule has 2 atom stereocenters.